The van der Waals surface area contributed by atoms with Crippen molar-refractivity contribution in [2.75, 3.05) is 7.11 Å². The maximum absolute atomic E-state index is 9.16. The van der Waals surface area contributed by atoms with Crippen molar-refractivity contribution in [1.82, 2.24) is 0 Å². The zero-order valence-electron chi connectivity index (χ0n) is 4.39. The van der Waals surface area contributed by atoms with E-state index >= 15 is 0 Å². The van der Waals surface area contributed by atoms with Crippen LogP contribution in [0.4, 0.5) is 0 Å². The average Bonchev–Trinajstić information content (AvgIpc) is 1.37. The monoisotopic (exact) mass is 98.0 g/mol. The van der Waals surface area contributed by atoms with E-state index in [-0.39, 0.29) is 31.0 Å². The molecule has 0 saturated carbocycles. The van der Waals surface area contributed by atoms with E-state index in [1.807, 2.05) is 0 Å². The maximum Gasteiger partial charge on any atom is 1.00 e. The van der Waals surface area contributed by atoms with Crippen LogP contribution in [0.3, 0.4) is 0 Å². The van der Waals surface area contributed by atoms with Gasteiger partial charge >= 0.3 is 59.7 Å². The van der Waals surface area contributed by atoms with Gasteiger partial charge in [0.05, 0.1) is 0 Å². The van der Waals surface area contributed by atoms with E-state index in [0.29, 0.717) is 0 Å². The second-order valence-corrected chi connectivity index (χ2v) is 0.996. The van der Waals surface area contributed by atoms with Gasteiger partial charge in [-0.1, -0.05) is 0 Å². The van der Waals surface area contributed by atoms with Crippen molar-refractivity contribution >= 4 is 15.5 Å². The van der Waals surface area contributed by atoms with E-state index < -0.39 is 15.5 Å². The summed E-state index contributed by atoms with van der Waals surface area (Å²) in [5.74, 6) is 0. The van der Waals surface area contributed by atoms with Gasteiger partial charge in [0.2, 0.25) is 0 Å². The van der Waals surface area contributed by atoms with Gasteiger partial charge in [-0.2, -0.15) is 0 Å². The minimum atomic E-state index is -0.968. The largest absolute Gasteiger partial charge is 1.00 e. The summed E-state index contributed by atoms with van der Waals surface area (Å²) < 4.78 is 13.2. The van der Waals surface area contributed by atoms with Gasteiger partial charge < -0.3 is 1.43 Å². The first-order valence-corrected chi connectivity index (χ1v) is 1.82. The Bertz CT molecular complexity index is 27.5. The van der Waals surface area contributed by atoms with Crippen LogP contribution >= 0.6 is 0 Å². The molecule has 24 valence electrons. The van der Waals surface area contributed by atoms with E-state index in [9.17, 15) is 0 Å². The Labute approximate surface area is 60.9 Å². The zero-order valence-corrected chi connectivity index (χ0v) is 6.55. The van der Waals surface area contributed by atoms with Gasteiger partial charge in [-0.25, -0.2) is 0 Å². The third kappa shape index (κ3) is 11.1. The summed E-state index contributed by atoms with van der Waals surface area (Å²) in [5.41, 5.74) is 0. The molecule has 0 amide bonds. The molecule has 0 saturated heterocycles. The SMILES string of the molecule is C[O][Al]=[O].[H-].[Na+]. The number of hydrogen-bond donors (Lipinski definition) is 0. The van der Waals surface area contributed by atoms with Gasteiger partial charge in [0, 0.05) is 0 Å². The molecular weight excluding hydrogens is 94.0 g/mol. The second kappa shape index (κ2) is 8.93. The summed E-state index contributed by atoms with van der Waals surface area (Å²) >= 11 is -0.968. The molecule has 0 aromatic rings. The number of hydrogen-bond acceptors (Lipinski definition) is 2. The van der Waals surface area contributed by atoms with Crippen molar-refractivity contribution in [2.45, 2.75) is 0 Å². The topological polar surface area (TPSA) is 26.3 Å². The molecule has 0 aromatic heterocycles. The Hall–Kier alpha value is 1.13. The Morgan fingerprint density at radius 1 is 2.00 bits per heavy atom. The molecule has 0 aliphatic heterocycles. The van der Waals surface area contributed by atoms with Crippen molar-refractivity contribution in [2.24, 2.45) is 0 Å². The number of rotatable bonds is 1. The Balaban J connectivity index is -0.0000000450. The predicted octanol–water partition coefficient (Wildman–Crippen LogP) is -3.29. The van der Waals surface area contributed by atoms with E-state index in [1.54, 1.807) is 0 Å². The standard InChI is InChI=1S/CH3O.Al.Na.O.H/c1-2;;;;/h1H3;;;;/q-1;2*+1;;-1. The van der Waals surface area contributed by atoms with Gasteiger partial charge in [0.15, 0.2) is 0 Å². The first-order chi connectivity index (χ1) is 1.91. The molecule has 0 atom stereocenters. The summed E-state index contributed by atoms with van der Waals surface area (Å²) in [7, 11) is 1.41. The van der Waals surface area contributed by atoms with Crippen LogP contribution in [0.5, 0.6) is 0 Å². The molecule has 2 nitrogen and oxygen atoms in total. The fraction of sp³-hybridized carbons (Fsp3) is 1.00. The summed E-state index contributed by atoms with van der Waals surface area (Å²) in [4.78, 5) is 0. The van der Waals surface area contributed by atoms with Crippen LogP contribution in [-0.4, -0.2) is 22.6 Å². The van der Waals surface area contributed by atoms with Crippen LogP contribution in [0.15, 0.2) is 0 Å². The van der Waals surface area contributed by atoms with Crippen LogP contribution in [0.2, 0.25) is 0 Å². The van der Waals surface area contributed by atoms with Gasteiger partial charge in [-0.3, -0.25) is 0 Å². The van der Waals surface area contributed by atoms with Crippen LogP contribution in [-0.2, 0) is 7.59 Å². The minimum Gasteiger partial charge on any atom is -1.00 e. The van der Waals surface area contributed by atoms with Crippen LogP contribution in [0.25, 0.3) is 0 Å². The zero-order chi connectivity index (χ0) is 3.41. The predicted molar refractivity (Wildman–Crippen MR) is 14.6 cm³/mol. The minimum absolute atomic E-state index is 0. The molecule has 0 bridgehead atoms. The summed E-state index contributed by atoms with van der Waals surface area (Å²) in [6.07, 6.45) is 0. The van der Waals surface area contributed by atoms with Gasteiger partial charge in [0.25, 0.3) is 0 Å². The molecule has 4 heteroatoms. The Morgan fingerprint density at radius 2 is 2.20 bits per heavy atom. The van der Waals surface area contributed by atoms with Crippen molar-refractivity contribution in [3.8, 4) is 0 Å². The molecule has 0 aliphatic carbocycles. The van der Waals surface area contributed by atoms with E-state index in [0.717, 1.165) is 0 Å². The molecule has 0 heterocycles. The van der Waals surface area contributed by atoms with Crippen molar-refractivity contribution in [1.29, 1.82) is 0 Å². The molecular formula is CH4AlNaO2. The molecule has 0 rings (SSSR count). The van der Waals surface area contributed by atoms with Crippen LogP contribution in [0, 0.1) is 0 Å². The Kier molecular flexibility index (Phi) is 16.9. The van der Waals surface area contributed by atoms with Crippen molar-refractivity contribution in [3.05, 3.63) is 0 Å². The smallest absolute Gasteiger partial charge is 1.00 e. The first kappa shape index (κ1) is 9.46. The molecule has 5 heavy (non-hydrogen) atoms. The second-order valence-electron chi connectivity index (χ2n) is 0.332. The van der Waals surface area contributed by atoms with Crippen molar-refractivity contribution in [3.63, 3.8) is 0 Å². The molecule has 0 N–H and O–H groups in total. The fourth-order valence-corrected chi connectivity index (χ4v) is 0. The fourth-order valence-electron chi connectivity index (χ4n) is 0. The third-order valence-corrected chi connectivity index (χ3v) is 0.289. The molecule has 0 aliphatic rings. The van der Waals surface area contributed by atoms with Crippen molar-refractivity contribution < 1.29 is 38.6 Å². The normalized spacial score (nSPS) is 3.40. The van der Waals surface area contributed by atoms with Gasteiger partial charge in [-0.15, -0.1) is 0 Å². The Morgan fingerprint density at radius 3 is 2.20 bits per heavy atom. The van der Waals surface area contributed by atoms with Crippen LogP contribution in [0.1, 0.15) is 1.43 Å². The third-order valence-electron chi connectivity index (χ3n) is 0.0962. The molecule has 0 spiro atoms. The maximum atomic E-state index is 9.16. The average molecular weight is 98.0 g/mol. The molecule has 0 radical (unpaired) electrons. The molecule has 0 unspecified atom stereocenters. The van der Waals surface area contributed by atoms with E-state index in [1.165, 1.54) is 7.11 Å². The van der Waals surface area contributed by atoms with Gasteiger partial charge in [0.1, 0.15) is 0 Å². The summed E-state index contributed by atoms with van der Waals surface area (Å²) in [6.45, 7) is 0. The molecule has 0 fully saturated rings. The quantitative estimate of drug-likeness (QED) is 0.321. The van der Waals surface area contributed by atoms with E-state index in [2.05, 4.69) is 3.79 Å². The first-order valence-electron chi connectivity index (χ1n) is 0.880. The summed E-state index contributed by atoms with van der Waals surface area (Å²) in [5, 5.41) is 0. The van der Waals surface area contributed by atoms with Crippen LogP contribution < -0.4 is 29.6 Å². The summed E-state index contributed by atoms with van der Waals surface area (Å²) in [6, 6.07) is 0. The molecule has 0 aromatic carbocycles. The van der Waals surface area contributed by atoms with E-state index in [4.69, 9.17) is 3.80 Å². The van der Waals surface area contributed by atoms with Gasteiger partial charge in [-0.05, 0) is 0 Å².